The molecule has 1 N–H and O–H groups in total. The Morgan fingerprint density at radius 2 is 1.96 bits per heavy atom. The smallest absolute Gasteiger partial charge is 0.253 e. The van der Waals surface area contributed by atoms with Crippen molar-refractivity contribution in [2.75, 3.05) is 27.2 Å². The fourth-order valence-corrected chi connectivity index (χ4v) is 2.51. The Balaban J connectivity index is 2.00. The molecule has 5 nitrogen and oxygen atoms in total. The van der Waals surface area contributed by atoms with Crippen LogP contribution in [0.15, 0.2) is 36.4 Å². The molecular formula is C17H17ClN4O. The maximum Gasteiger partial charge on any atom is 0.253 e. The first kappa shape index (κ1) is 15.6. The van der Waals surface area contributed by atoms with Crippen molar-refractivity contribution in [1.29, 1.82) is 0 Å². The molecule has 1 heterocycles. The summed E-state index contributed by atoms with van der Waals surface area (Å²) in [6.07, 6.45) is 0. The summed E-state index contributed by atoms with van der Waals surface area (Å²) >= 11 is 6.00. The zero-order chi connectivity index (χ0) is 16.4. The molecule has 0 saturated heterocycles. The SMILES string of the molecule is CN(C)CCNC(=O)c1cccc2nc3cc(Cl)ccc3nc12. The predicted octanol–water partition coefficient (Wildman–Crippen LogP) is 2.73. The molecule has 0 aliphatic heterocycles. The Kier molecular flexibility index (Phi) is 4.41. The van der Waals surface area contributed by atoms with Crippen LogP contribution in [0.1, 0.15) is 10.4 Å². The first-order valence-electron chi connectivity index (χ1n) is 7.33. The predicted molar refractivity (Wildman–Crippen MR) is 92.9 cm³/mol. The molecule has 0 saturated carbocycles. The third kappa shape index (κ3) is 3.41. The van der Waals surface area contributed by atoms with E-state index in [2.05, 4.69) is 15.3 Å². The lowest BCUT2D eigenvalue weighted by molar-refractivity contribution is 0.0952. The second-order valence-electron chi connectivity index (χ2n) is 5.59. The zero-order valence-corrected chi connectivity index (χ0v) is 13.8. The quantitative estimate of drug-likeness (QED) is 0.748. The fraction of sp³-hybridized carbons (Fsp3) is 0.235. The number of aromatic nitrogens is 2. The van der Waals surface area contributed by atoms with Crippen LogP contribution in [0, 0.1) is 0 Å². The van der Waals surface area contributed by atoms with Crippen molar-refractivity contribution in [1.82, 2.24) is 20.2 Å². The summed E-state index contributed by atoms with van der Waals surface area (Å²) in [5.41, 5.74) is 3.25. The number of hydrogen-bond donors (Lipinski definition) is 1. The van der Waals surface area contributed by atoms with Crippen molar-refractivity contribution < 1.29 is 4.79 Å². The molecule has 0 unspecified atom stereocenters. The Labute approximate surface area is 139 Å². The van der Waals surface area contributed by atoms with Crippen molar-refractivity contribution in [3.8, 4) is 0 Å². The summed E-state index contributed by atoms with van der Waals surface area (Å²) in [7, 11) is 3.93. The average molecular weight is 329 g/mol. The number of nitrogens with one attached hydrogen (secondary N) is 1. The maximum absolute atomic E-state index is 12.4. The maximum atomic E-state index is 12.4. The molecule has 0 fully saturated rings. The number of rotatable bonds is 4. The Morgan fingerprint density at radius 3 is 2.74 bits per heavy atom. The highest BCUT2D eigenvalue weighted by Crippen LogP contribution is 2.21. The first-order chi connectivity index (χ1) is 11.0. The second kappa shape index (κ2) is 6.48. The molecule has 0 bridgehead atoms. The van der Waals surface area contributed by atoms with Crippen LogP contribution >= 0.6 is 11.6 Å². The largest absolute Gasteiger partial charge is 0.351 e. The molecule has 6 heteroatoms. The van der Waals surface area contributed by atoms with E-state index < -0.39 is 0 Å². The minimum absolute atomic E-state index is 0.139. The van der Waals surface area contributed by atoms with Crippen molar-refractivity contribution in [2.24, 2.45) is 0 Å². The van der Waals surface area contributed by atoms with Gasteiger partial charge in [-0.2, -0.15) is 0 Å². The number of likely N-dealkylation sites (N-methyl/N-ethyl adjacent to an activating group) is 1. The van der Waals surface area contributed by atoms with Gasteiger partial charge in [0, 0.05) is 18.1 Å². The van der Waals surface area contributed by atoms with Gasteiger partial charge >= 0.3 is 0 Å². The highest BCUT2D eigenvalue weighted by Gasteiger charge is 2.12. The zero-order valence-electron chi connectivity index (χ0n) is 13.0. The first-order valence-corrected chi connectivity index (χ1v) is 7.71. The molecule has 0 aliphatic rings. The second-order valence-corrected chi connectivity index (χ2v) is 6.03. The average Bonchev–Trinajstić information content (AvgIpc) is 2.51. The van der Waals surface area contributed by atoms with Crippen molar-refractivity contribution >= 4 is 39.6 Å². The molecule has 2 aromatic carbocycles. The minimum atomic E-state index is -0.139. The third-order valence-corrected chi connectivity index (χ3v) is 3.75. The summed E-state index contributed by atoms with van der Waals surface area (Å²) in [6, 6.07) is 10.8. The molecular weight excluding hydrogens is 312 g/mol. The number of carbonyl (C=O) groups is 1. The van der Waals surface area contributed by atoms with E-state index in [1.54, 1.807) is 18.2 Å². The standard InChI is InChI=1S/C17H17ClN4O/c1-22(2)9-8-19-17(23)12-4-3-5-14-16(12)21-13-7-6-11(18)10-15(13)20-14/h3-7,10H,8-9H2,1-2H3,(H,19,23). The number of carbonyl (C=O) groups excluding carboxylic acids is 1. The van der Waals surface area contributed by atoms with E-state index in [9.17, 15) is 4.79 Å². The van der Waals surface area contributed by atoms with E-state index in [0.717, 1.165) is 17.6 Å². The highest BCUT2D eigenvalue weighted by molar-refractivity contribution is 6.31. The third-order valence-electron chi connectivity index (χ3n) is 3.51. The van der Waals surface area contributed by atoms with Crippen LogP contribution < -0.4 is 5.32 Å². The summed E-state index contributed by atoms with van der Waals surface area (Å²) in [6.45, 7) is 1.36. The number of benzene rings is 2. The lowest BCUT2D eigenvalue weighted by atomic mass is 10.1. The van der Waals surface area contributed by atoms with Crippen molar-refractivity contribution in [2.45, 2.75) is 0 Å². The van der Waals surface area contributed by atoms with Gasteiger partial charge in [-0.25, -0.2) is 9.97 Å². The summed E-state index contributed by atoms with van der Waals surface area (Å²) in [5, 5.41) is 3.52. The summed E-state index contributed by atoms with van der Waals surface area (Å²) in [5.74, 6) is -0.139. The van der Waals surface area contributed by atoms with Gasteiger partial charge in [0.25, 0.3) is 5.91 Å². The van der Waals surface area contributed by atoms with Crippen LogP contribution in [0.3, 0.4) is 0 Å². The molecule has 0 aliphatic carbocycles. The molecule has 3 aromatic rings. The van der Waals surface area contributed by atoms with Gasteiger partial charge in [0.1, 0.15) is 5.52 Å². The van der Waals surface area contributed by atoms with Crippen molar-refractivity contribution in [3.05, 3.63) is 47.0 Å². The molecule has 0 atom stereocenters. The lowest BCUT2D eigenvalue weighted by Crippen LogP contribution is -2.31. The van der Waals surface area contributed by atoms with Gasteiger partial charge in [0.15, 0.2) is 0 Å². The van der Waals surface area contributed by atoms with Crippen molar-refractivity contribution in [3.63, 3.8) is 0 Å². The van der Waals surface area contributed by atoms with E-state index in [4.69, 9.17) is 11.6 Å². The molecule has 1 aromatic heterocycles. The van der Waals surface area contributed by atoms with Crippen LogP contribution in [-0.2, 0) is 0 Å². The van der Waals surface area contributed by atoms with E-state index in [0.29, 0.717) is 28.2 Å². The van der Waals surface area contributed by atoms with Crippen LogP contribution in [-0.4, -0.2) is 48.0 Å². The van der Waals surface area contributed by atoms with Gasteiger partial charge in [-0.05, 0) is 44.4 Å². The number of para-hydroxylation sites is 1. The van der Waals surface area contributed by atoms with Crippen LogP contribution in [0.5, 0.6) is 0 Å². The fourth-order valence-electron chi connectivity index (χ4n) is 2.34. The number of hydrogen-bond acceptors (Lipinski definition) is 4. The summed E-state index contributed by atoms with van der Waals surface area (Å²) in [4.78, 5) is 23.6. The Morgan fingerprint density at radius 1 is 1.13 bits per heavy atom. The van der Waals surface area contributed by atoms with Gasteiger partial charge in [-0.1, -0.05) is 17.7 Å². The molecule has 0 spiro atoms. The number of amides is 1. The normalized spacial score (nSPS) is 11.3. The van der Waals surface area contributed by atoms with Gasteiger partial charge in [-0.15, -0.1) is 0 Å². The van der Waals surface area contributed by atoms with Crippen LogP contribution in [0.2, 0.25) is 5.02 Å². The number of halogens is 1. The van der Waals surface area contributed by atoms with Gasteiger partial charge in [-0.3, -0.25) is 4.79 Å². The molecule has 3 rings (SSSR count). The number of fused-ring (bicyclic) bond motifs is 2. The minimum Gasteiger partial charge on any atom is -0.351 e. The highest BCUT2D eigenvalue weighted by atomic mass is 35.5. The molecule has 1 amide bonds. The Bertz CT molecular complexity index is 879. The van der Waals surface area contributed by atoms with E-state index >= 15 is 0 Å². The van der Waals surface area contributed by atoms with E-state index in [1.807, 2.05) is 37.2 Å². The monoisotopic (exact) mass is 328 g/mol. The topological polar surface area (TPSA) is 58.1 Å². The molecule has 0 radical (unpaired) electrons. The van der Waals surface area contributed by atoms with Gasteiger partial charge in [0.05, 0.1) is 22.1 Å². The van der Waals surface area contributed by atoms with E-state index in [1.165, 1.54) is 0 Å². The molecule has 23 heavy (non-hydrogen) atoms. The van der Waals surface area contributed by atoms with Crippen LogP contribution in [0.25, 0.3) is 22.1 Å². The lowest BCUT2D eigenvalue weighted by Gasteiger charge is -2.11. The van der Waals surface area contributed by atoms with Gasteiger partial charge < -0.3 is 10.2 Å². The van der Waals surface area contributed by atoms with E-state index in [-0.39, 0.29) is 5.91 Å². The Hall–Kier alpha value is -2.24. The molecule has 118 valence electrons. The van der Waals surface area contributed by atoms with Crippen LogP contribution in [0.4, 0.5) is 0 Å². The summed E-state index contributed by atoms with van der Waals surface area (Å²) < 4.78 is 0. The van der Waals surface area contributed by atoms with Gasteiger partial charge in [0.2, 0.25) is 0 Å². The number of nitrogens with zero attached hydrogens (tertiary/aromatic N) is 3.